The molecular formula is C30H28N2O5S2. The van der Waals surface area contributed by atoms with Crippen molar-refractivity contribution < 1.29 is 22.7 Å². The highest BCUT2D eigenvalue weighted by Gasteiger charge is 2.38. The SMILES string of the molecule is O=C(COC(=O)C[C@H]1c2ccccc2CCN1S(=O)(=O)c1cccs1)NC(c1ccccc1)c1ccccc1. The summed E-state index contributed by atoms with van der Waals surface area (Å²) in [5.41, 5.74) is 3.57. The van der Waals surface area contributed by atoms with Gasteiger partial charge in [0.05, 0.1) is 18.5 Å². The lowest BCUT2D eigenvalue weighted by atomic mass is 9.92. The molecular weight excluding hydrogens is 532 g/mol. The number of esters is 1. The minimum Gasteiger partial charge on any atom is -0.456 e. The number of carbonyl (C=O) groups is 2. The van der Waals surface area contributed by atoms with Gasteiger partial charge in [0.2, 0.25) is 0 Å². The van der Waals surface area contributed by atoms with Crippen LogP contribution in [0.15, 0.2) is 107 Å². The van der Waals surface area contributed by atoms with Gasteiger partial charge in [0.15, 0.2) is 6.61 Å². The molecule has 9 heteroatoms. The fourth-order valence-electron chi connectivity index (χ4n) is 4.87. The highest BCUT2D eigenvalue weighted by atomic mass is 32.2. The van der Waals surface area contributed by atoms with Gasteiger partial charge in [-0.05, 0) is 40.1 Å². The maximum absolute atomic E-state index is 13.4. The molecule has 3 aromatic carbocycles. The molecule has 0 fully saturated rings. The first-order valence-electron chi connectivity index (χ1n) is 12.6. The van der Waals surface area contributed by atoms with Gasteiger partial charge in [0.25, 0.3) is 15.9 Å². The van der Waals surface area contributed by atoms with Gasteiger partial charge >= 0.3 is 5.97 Å². The molecule has 0 unspecified atom stereocenters. The maximum atomic E-state index is 13.4. The summed E-state index contributed by atoms with van der Waals surface area (Å²) in [6.45, 7) is -0.216. The molecule has 1 aromatic heterocycles. The zero-order valence-electron chi connectivity index (χ0n) is 21.1. The molecule has 5 rings (SSSR count). The van der Waals surface area contributed by atoms with Gasteiger partial charge in [-0.1, -0.05) is 91.0 Å². The van der Waals surface area contributed by atoms with Crippen molar-refractivity contribution in [2.45, 2.75) is 29.1 Å². The number of benzene rings is 3. The molecule has 4 aromatic rings. The van der Waals surface area contributed by atoms with Crippen molar-refractivity contribution in [1.82, 2.24) is 9.62 Å². The molecule has 1 aliphatic rings. The topological polar surface area (TPSA) is 92.8 Å². The first-order valence-corrected chi connectivity index (χ1v) is 14.9. The molecule has 0 saturated heterocycles. The third-order valence-electron chi connectivity index (χ3n) is 6.72. The summed E-state index contributed by atoms with van der Waals surface area (Å²) < 4.78 is 33.8. The third-order valence-corrected chi connectivity index (χ3v) is 10.00. The number of hydrogen-bond donors (Lipinski definition) is 1. The van der Waals surface area contributed by atoms with E-state index >= 15 is 0 Å². The minimum atomic E-state index is -3.80. The molecule has 7 nitrogen and oxygen atoms in total. The molecule has 1 amide bonds. The second-order valence-corrected chi connectivity index (χ2v) is 12.3. The average Bonchev–Trinajstić information content (AvgIpc) is 3.52. The molecule has 0 spiro atoms. The summed E-state index contributed by atoms with van der Waals surface area (Å²) in [7, 11) is -3.80. The summed E-state index contributed by atoms with van der Waals surface area (Å²) in [5.74, 6) is -1.10. The molecule has 1 atom stereocenters. The molecule has 200 valence electrons. The second kappa shape index (κ2) is 11.9. The Labute approximate surface area is 232 Å². The standard InChI is InChI=1S/C30H28N2O5S2/c33-27(31-30(23-11-3-1-4-12-23)24-13-5-2-6-14-24)21-37-28(34)20-26-25-15-8-7-10-22(25)17-18-32(26)39(35,36)29-16-9-19-38-29/h1-16,19,26,30H,17-18,20-21H2,(H,31,33)/t26-/m0/s1. The van der Waals surface area contributed by atoms with Crippen LogP contribution in [0.3, 0.4) is 0 Å². The largest absolute Gasteiger partial charge is 0.456 e. The quantitative estimate of drug-likeness (QED) is 0.295. The molecule has 0 aliphatic carbocycles. The molecule has 0 bridgehead atoms. The van der Waals surface area contributed by atoms with E-state index in [0.717, 1.165) is 33.6 Å². The van der Waals surface area contributed by atoms with Crippen LogP contribution in [0.5, 0.6) is 0 Å². The molecule has 39 heavy (non-hydrogen) atoms. The number of nitrogens with zero attached hydrogens (tertiary/aromatic N) is 1. The first-order chi connectivity index (χ1) is 18.9. The highest BCUT2D eigenvalue weighted by molar-refractivity contribution is 7.91. The smallest absolute Gasteiger partial charge is 0.308 e. The Bertz CT molecular complexity index is 1480. The van der Waals surface area contributed by atoms with Gasteiger partial charge in [-0.15, -0.1) is 11.3 Å². The van der Waals surface area contributed by atoms with Crippen LogP contribution in [0.4, 0.5) is 0 Å². The Morgan fingerprint density at radius 2 is 1.54 bits per heavy atom. The van der Waals surface area contributed by atoms with E-state index in [-0.39, 0.29) is 17.2 Å². The van der Waals surface area contributed by atoms with E-state index in [0.29, 0.717) is 6.42 Å². The summed E-state index contributed by atoms with van der Waals surface area (Å²) in [4.78, 5) is 25.9. The number of rotatable bonds is 9. The van der Waals surface area contributed by atoms with Crippen molar-refractivity contribution in [2.75, 3.05) is 13.2 Å². The average molecular weight is 561 g/mol. The maximum Gasteiger partial charge on any atom is 0.308 e. The molecule has 2 heterocycles. The minimum absolute atomic E-state index is 0.199. The van der Waals surface area contributed by atoms with Crippen LogP contribution in [-0.2, 0) is 30.8 Å². The van der Waals surface area contributed by atoms with Crippen molar-refractivity contribution in [1.29, 1.82) is 0 Å². The van der Waals surface area contributed by atoms with Crippen LogP contribution in [-0.4, -0.2) is 37.8 Å². The molecule has 1 N–H and O–H groups in total. The van der Waals surface area contributed by atoms with Gasteiger partial charge < -0.3 is 10.1 Å². The Morgan fingerprint density at radius 1 is 0.897 bits per heavy atom. The zero-order valence-corrected chi connectivity index (χ0v) is 22.7. The first kappa shape index (κ1) is 26.8. The van der Waals surface area contributed by atoms with Crippen molar-refractivity contribution in [3.8, 4) is 0 Å². The summed E-state index contributed by atoms with van der Waals surface area (Å²) in [5, 5.41) is 4.67. The van der Waals surface area contributed by atoms with Gasteiger partial charge in [-0.25, -0.2) is 8.42 Å². The summed E-state index contributed by atoms with van der Waals surface area (Å²) in [6, 6.07) is 28.7. The monoisotopic (exact) mass is 560 g/mol. The van der Waals surface area contributed by atoms with E-state index in [4.69, 9.17) is 4.74 Å². The van der Waals surface area contributed by atoms with Crippen molar-refractivity contribution in [2.24, 2.45) is 0 Å². The van der Waals surface area contributed by atoms with E-state index in [2.05, 4.69) is 5.32 Å². The molecule has 0 radical (unpaired) electrons. The number of fused-ring (bicyclic) bond motifs is 1. The van der Waals surface area contributed by atoms with Crippen LogP contribution in [0.1, 0.15) is 40.8 Å². The fourth-order valence-corrected chi connectivity index (χ4v) is 7.59. The second-order valence-electron chi connectivity index (χ2n) is 9.20. The Morgan fingerprint density at radius 3 is 2.18 bits per heavy atom. The number of amides is 1. The number of ether oxygens (including phenoxy) is 1. The van der Waals surface area contributed by atoms with Crippen molar-refractivity contribution in [3.05, 3.63) is 125 Å². The summed E-state index contributed by atoms with van der Waals surface area (Å²) >= 11 is 1.14. The van der Waals surface area contributed by atoms with E-state index < -0.39 is 40.6 Å². The van der Waals surface area contributed by atoms with E-state index in [1.54, 1.807) is 17.5 Å². The van der Waals surface area contributed by atoms with E-state index in [1.165, 1.54) is 4.31 Å². The van der Waals surface area contributed by atoms with E-state index in [1.807, 2.05) is 84.9 Å². The number of sulfonamides is 1. The fraction of sp³-hybridized carbons (Fsp3) is 0.200. The Hall–Kier alpha value is -3.79. The zero-order chi connectivity index (χ0) is 27.2. The number of carbonyl (C=O) groups excluding carboxylic acids is 2. The summed E-state index contributed by atoms with van der Waals surface area (Å²) in [6.07, 6.45) is 0.352. The highest BCUT2D eigenvalue weighted by Crippen LogP contribution is 2.37. The van der Waals surface area contributed by atoms with Crippen LogP contribution < -0.4 is 5.32 Å². The van der Waals surface area contributed by atoms with Gasteiger partial charge in [-0.2, -0.15) is 4.31 Å². The Kier molecular flexibility index (Phi) is 8.21. The molecule has 0 saturated carbocycles. The lowest BCUT2D eigenvalue weighted by molar-refractivity contribution is -0.149. The lowest BCUT2D eigenvalue weighted by Gasteiger charge is -2.35. The van der Waals surface area contributed by atoms with Crippen LogP contribution in [0.2, 0.25) is 0 Å². The lowest BCUT2D eigenvalue weighted by Crippen LogP contribution is -2.41. The number of nitrogens with one attached hydrogen (secondary N) is 1. The van der Waals surface area contributed by atoms with Gasteiger partial charge in [0, 0.05) is 6.54 Å². The normalized spacial score (nSPS) is 15.5. The van der Waals surface area contributed by atoms with Gasteiger partial charge in [-0.3, -0.25) is 9.59 Å². The van der Waals surface area contributed by atoms with Crippen molar-refractivity contribution >= 4 is 33.2 Å². The van der Waals surface area contributed by atoms with Crippen LogP contribution in [0.25, 0.3) is 0 Å². The predicted octanol–water partition coefficient (Wildman–Crippen LogP) is 4.88. The van der Waals surface area contributed by atoms with Crippen molar-refractivity contribution in [3.63, 3.8) is 0 Å². The third kappa shape index (κ3) is 6.11. The Balaban J connectivity index is 1.29. The number of thiophene rings is 1. The number of hydrogen-bond acceptors (Lipinski definition) is 6. The van der Waals surface area contributed by atoms with Gasteiger partial charge in [0.1, 0.15) is 4.21 Å². The predicted molar refractivity (Wildman–Crippen MR) is 150 cm³/mol. The van der Waals surface area contributed by atoms with Crippen LogP contribution >= 0.6 is 11.3 Å². The molecule has 1 aliphatic heterocycles. The van der Waals surface area contributed by atoms with E-state index in [9.17, 15) is 18.0 Å². The van der Waals surface area contributed by atoms with Crippen LogP contribution in [0, 0.1) is 0 Å².